The number of amides is 1. The maximum Gasteiger partial charge on any atom is 0.291 e. The summed E-state index contributed by atoms with van der Waals surface area (Å²) in [4.78, 5) is 28.4. The Morgan fingerprint density at radius 3 is 2.73 bits per heavy atom. The first-order valence-corrected chi connectivity index (χ1v) is 10.1. The second kappa shape index (κ2) is 7.18. The number of fused-ring (bicyclic) bond motifs is 2. The summed E-state index contributed by atoms with van der Waals surface area (Å²) in [7, 11) is 1.58. The molecule has 2 aromatic heterocycles. The Kier molecular flexibility index (Phi) is 4.47. The van der Waals surface area contributed by atoms with E-state index in [1.807, 2.05) is 24.3 Å². The standard InChI is InChI=1S/C23H16BrNO5/c1-28-15-5-2-4-13(10-15)20-19-21(26)17-11-14(24)7-8-18(17)30-22(19)23(27)25(20)12-16-6-3-9-29-16/h2-11,20H,12H2,1H3. The normalized spacial score (nSPS) is 15.6. The van der Waals surface area contributed by atoms with Gasteiger partial charge in [0.25, 0.3) is 5.91 Å². The first kappa shape index (κ1) is 18.7. The van der Waals surface area contributed by atoms with E-state index in [4.69, 9.17) is 13.6 Å². The summed E-state index contributed by atoms with van der Waals surface area (Å²) in [6.45, 7) is 0.206. The van der Waals surface area contributed by atoms with Gasteiger partial charge >= 0.3 is 0 Å². The molecular weight excluding hydrogens is 450 g/mol. The summed E-state index contributed by atoms with van der Waals surface area (Å²) in [6.07, 6.45) is 1.55. The molecule has 2 aromatic carbocycles. The van der Waals surface area contributed by atoms with Crippen LogP contribution >= 0.6 is 15.9 Å². The van der Waals surface area contributed by atoms with E-state index in [2.05, 4.69) is 15.9 Å². The summed E-state index contributed by atoms with van der Waals surface area (Å²) in [5, 5.41) is 0.420. The molecule has 3 heterocycles. The number of nitrogens with zero attached hydrogens (tertiary/aromatic N) is 1. The third-order valence-corrected chi connectivity index (χ3v) is 5.74. The van der Waals surface area contributed by atoms with Crippen molar-refractivity contribution in [2.45, 2.75) is 12.6 Å². The monoisotopic (exact) mass is 465 g/mol. The molecule has 5 rings (SSSR count). The van der Waals surface area contributed by atoms with Crippen LogP contribution in [0, 0.1) is 0 Å². The van der Waals surface area contributed by atoms with Crippen molar-refractivity contribution in [2.24, 2.45) is 0 Å². The fraction of sp³-hybridized carbons (Fsp3) is 0.130. The summed E-state index contributed by atoms with van der Waals surface area (Å²) >= 11 is 3.40. The molecule has 0 aliphatic carbocycles. The highest BCUT2D eigenvalue weighted by molar-refractivity contribution is 9.10. The van der Waals surface area contributed by atoms with Crippen molar-refractivity contribution in [3.8, 4) is 5.75 Å². The minimum Gasteiger partial charge on any atom is -0.497 e. The molecule has 4 aromatic rings. The fourth-order valence-corrected chi connectivity index (χ4v) is 4.25. The van der Waals surface area contributed by atoms with E-state index in [9.17, 15) is 9.59 Å². The number of rotatable bonds is 4. The molecule has 0 bridgehead atoms. The van der Waals surface area contributed by atoms with Crippen molar-refractivity contribution in [2.75, 3.05) is 7.11 Å². The Bertz CT molecular complexity index is 1330. The molecule has 7 heteroatoms. The topological polar surface area (TPSA) is 72.9 Å². The van der Waals surface area contributed by atoms with Gasteiger partial charge in [-0.1, -0.05) is 28.1 Å². The number of benzene rings is 2. The molecule has 150 valence electrons. The van der Waals surface area contributed by atoms with Gasteiger partial charge in [0, 0.05) is 4.47 Å². The number of furan rings is 1. The fourth-order valence-electron chi connectivity index (χ4n) is 3.88. The van der Waals surface area contributed by atoms with E-state index in [1.165, 1.54) is 0 Å². The number of hydrogen-bond acceptors (Lipinski definition) is 5. The molecule has 1 aliphatic rings. The van der Waals surface area contributed by atoms with Gasteiger partial charge in [-0.2, -0.15) is 0 Å². The average Bonchev–Trinajstić information content (AvgIpc) is 3.36. The highest BCUT2D eigenvalue weighted by Gasteiger charge is 2.43. The lowest BCUT2D eigenvalue weighted by atomic mass is 9.98. The molecule has 0 N–H and O–H groups in total. The second-order valence-corrected chi connectivity index (χ2v) is 7.92. The van der Waals surface area contributed by atoms with Crippen molar-refractivity contribution in [1.29, 1.82) is 0 Å². The molecule has 0 saturated carbocycles. The van der Waals surface area contributed by atoms with E-state index >= 15 is 0 Å². The smallest absolute Gasteiger partial charge is 0.291 e. The first-order chi connectivity index (χ1) is 14.6. The Balaban J connectivity index is 1.76. The minimum atomic E-state index is -0.618. The minimum absolute atomic E-state index is 0.0641. The predicted octanol–water partition coefficient (Wildman–Crippen LogP) is 4.90. The zero-order valence-corrected chi connectivity index (χ0v) is 17.5. The second-order valence-electron chi connectivity index (χ2n) is 7.01. The van der Waals surface area contributed by atoms with E-state index in [0.29, 0.717) is 28.0 Å². The molecule has 30 heavy (non-hydrogen) atoms. The largest absolute Gasteiger partial charge is 0.497 e. The number of halogens is 1. The van der Waals surface area contributed by atoms with Crippen LogP contribution in [0.3, 0.4) is 0 Å². The van der Waals surface area contributed by atoms with Gasteiger partial charge in [0.2, 0.25) is 5.76 Å². The molecule has 0 saturated heterocycles. The number of carbonyl (C=O) groups excluding carboxylic acids is 1. The van der Waals surface area contributed by atoms with Gasteiger partial charge in [0.1, 0.15) is 17.1 Å². The van der Waals surface area contributed by atoms with Crippen molar-refractivity contribution >= 4 is 32.8 Å². The van der Waals surface area contributed by atoms with E-state index in [0.717, 1.165) is 10.0 Å². The number of methoxy groups -OCH3 is 1. The van der Waals surface area contributed by atoms with Crippen LogP contribution in [0.4, 0.5) is 0 Å². The van der Waals surface area contributed by atoms with Crippen LogP contribution in [-0.2, 0) is 6.54 Å². The van der Waals surface area contributed by atoms with Crippen LogP contribution in [0.25, 0.3) is 11.0 Å². The van der Waals surface area contributed by atoms with Gasteiger partial charge in [-0.3, -0.25) is 9.59 Å². The molecule has 0 fully saturated rings. The molecule has 6 nitrogen and oxygen atoms in total. The highest BCUT2D eigenvalue weighted by atomic mass is 79.9. The first-order valence-electron chi connectivity index (χ1n) is 9.30. The quantitative estimate of drug-likeness (QED) is 0.428. The van der Waals surface area contributed by atoms with Gasteiger partial charge in [-0.05, 0) is 48.0 Å². The Hall–Kier alpha value is -3.32. The van der Waals surface area contributed by atoms with Gasteiger partial charge in [-0.15, -0.1) is 0 Å². The third kappa shape index (κ3) is 2.93. The molecule has 1 amide bonds. The lowest BCUT2D eigenvalue weighted by molar-refractivity contribution is 0.0701. The summed E-state index contributed by atoms with van der Waals surface area (Å²) < 4.78 is 17.5. The Morgan fingerprint density at radius 1 is 1.10 bits per heavy atom. The lowest BCUT2D eigenvalue weighted by Crippen LogP contribution is -2.29. The van der Waals surface area contributed by atoms with Crippen LogP contribution in [0.1, 0.15) is 33.5 Å². The Morgan fingerprint density at radius 2 is 1.97 bits per heavy atom. The van der Waals surface area contributed by atoms with E-state index in [-0.39, 0.29) is 23.6 Å². The van der Waals surface area contributed by atoms with Crippen molar-refractivity contribution in [1.82, 2.24) is 4.90 Å². The van der Waals surface area contributed by atoms with Gasteiger partial charge in [0.05, 0.1) is 36.9 Å². The van der Waals surface area contributed by atoms with Crippen LogP contribution in [0.2, 0.25) is 0 Å². The lowest BCUT2D eigenvalue weighted by Gasteiger charge is -2.24. The molecule has 0 radical (unpaired) electrons. The van der Waals surface area contributed by atoms with Crippen molar-refractivity contribution < 1.29 is 18.4 Å². The third-order valence-electron chi connectivity index (χ3n) is 5.24. The number of carbonyl (C=O) groups is 1. The maximum absolute atomic E-state index is 13.5. The number of hydrogen-bond donors (Lipinski definition) is 0. The highest BCUT2D eigenvalue weighted by Crippen LogP contribution is 2.40. The zero-order chi connectivity index (χ0) is 20.8. The predicted molar refractivity (Wildman–Crippen MR) is 114 cm³/mol. The van der Waals surface area contributed by atoms with Crippen LogP contribution in [0.15, 0.2) is 79.0 Å². The molecular formula is C23H16BrNO5. The van der Waals surface area contributed by atoms with Gasteiger partial charge in [0.15, 0.2) is 5.43 Å². The van der Waals surface area contributed by atoms with Crippen molar-refractivity contribution in [3.63, 3.8) is 0 Å². The summed E-state index contributed by atoms with van der Waals surface area (Å²) in [5.41, 5.74) is 1.23. The van der Waals surface area contributed by atoms with Gasteiger partial charge < -0.3 is 18.5 Å². The molecule has 1 unspecified atom stereocenters. The summed E-state index contributed by atoms with van der Waals surface area (Å²) in [6, 6.07) is 15.5. The number of ether oxygens (including phenoxy) is 1. The zero-order valence-electron chi connectivity index (χ0n) is 15.9. The Labute approximate surface area is 179 Å². The van der Waals surface area contributed by atoms with Crippen LogP contribution < -0.4 is 10.2 Å². The van der Waals surface area contributed by atoms with E-state index < -0.39 is 6.04 Å². The van der Waals surface area contributed by atoms with Crippen LogP contribution in [0.5, 0.6) is 5.75 Å². The summed E-state index contributed by atoms with van der Waals surface area (Å²) in [5.74, 6) is 0.966. The van der Waals surface area contributed by atoms with Gasteiger partial charge in [-0.25, -0.2) is 0 Å². The maximum atomic E-state index is 13.5. The van der Waals surface area contributed by atoms with Crippen molar-refractivity contribution in [3.05, 3.63) is 98.2 Å². The molecule has 0 spiro atoms. The molecule has 1 aliphatic heterocycles. The van der Waals surface area contributed by atoms with Crippen LogP contribution in [-0.4, -0.2) is 17.9 Å². The van der Waals surface area contributed by atoms with E-state index in [1.54, 1.807) is 48.6 Å². The SMILES string of the molecule is COc1cccc(C2c3c(oc4ccc(Br)cc4c3=O)C(=O)N2Cc2ccco2)c1. The average molecular weight is 466 g/mol. The molecule has 1 atom stereocenters.